The molecule has 3 N–H and O–H groups in total. The lowest BCUT2D eigenvalue weighted by Crippen LogP contribution is -2.24. The van der Waals surface area contributed by atoms with Crippen LogP contribution in [0.25, 0.3) is 0 Å². The zero-order chi connectivity index (χ0) is 14.6. The minimum absolute atomic E-state index is 0.260. The van der Waals surface area contributed by atoms with E-state index in [0.29, 0.717) is 0 Å². The largest absolute Gasteiger partial charge is 0.465 e. The van der Waals surface area contributed by atoms with Gasteiger partial charge in [0.2, 0.25) is 0 Å². The molecule has 0 aliphatic carbocycles. The average molecular weight is 275 g/mol. The third-order valence-electron chi connectivity index (χ3n) is 3.13. The van der Waals surface area contributed by atoms with E-state index in [4.69, 9.17) is 19.4 Å². The number of hydrogen-bond acceptors (Lipinski definition) is 3. The predicted molar refractivity (Wildman–Crippen MR) is 75.1 cm³/mol. The molecular formula is C14H29NO4. The fraction of sp³-hybridized carbons (Fsp3) is 0.929. The van der Waals surface area contributed by atoms with Crippen molar-refractivity contribution in [1.82, 2.24) is 0 Å². The Morgan fingerprint density at radius 3 is 2.00 bits per heavy atom. The highest BCUT2D eigenvalue weighted by atomic mass is 16.7. The molecule has 114 valence electrons. The van der Waals surface area contributed by atoms with Gasteiger partial charge in [0.05, 0.1) is 13.2 Å². The van der Waals surface area contributed by atoms with E-state index in [1.165, 1.54) is 44.9 Å². The third-order valence-corrected chi connectivity index (χ3v) is 3.13. The lowest BCUT2D eigenvalue weighted by molar-refractivity contribution is -0.147. The first kappa shape index (κ1) is 18.2. The van der Waals surface area contributed by atoms with Gasteiger partial charge in [-0.25, -0.2) is 4.79 Å². The number of carboxylic acid groups (broad SMARTS) is 1. The van der Waals surface area contributed by atoms with Gasteiger partial charge in [-0.3, -0.25) is 0 Å². The third kappa shape index (κ3) is 12.0. The number of unbranched alkanes of at least 4 members (excludes halogenated alkanes) is 6. The summed E-state index contributed by atoms with van der Waals surface area (Å²) in [5, 5.41) is 7.19. The van der Waals surface area contributed by atoms with Crippen LogP contribution in [0.4, 0.5) is 4.79 Å². The summed E-state index contributed by atoms with van der Waals surface area (Å²) in [6, 6.07) is 0. The van der Waals surface area contributed by atoms with Crippen LogP contribution < -0.4 is 5.73 Å². The van der Waals surface area contributed by atoms with Crippen LogP contribution in [0.5, 0.6) is 0 Å². The summed E-state index contributed by atoms with van der Waals surface area (Å²) in [5.41, 5.74) is 4.03. The molecule has 0 radical (unpaired) electrons. The monoisotopic (exact) mass is 275 g/mol. The van der Waals surface area contributed by atoms with E-state index in [-0.39, 0.29) is 5.79 Å². The van der Waals surface area contributed by atoms with Crippen molar-refractivity contribution in [1.29, 1.82) is 0 Å². The molecule has 0 bridgehead atoms. The standard InChI is InChI=1S/C13H26O2.CH3NO2/c1-3-4-5-6-7-8-9-10-13(2)14-11-12-15-13;2-1(3)4/h3-12H2,1-2H3;2H2,(H,3,4). The highest BCUT2D eigenvalue weighted by Gasteiger charge is 2.29. The molecule has 5 nitrogen and oxygen atoms in total. The van der Waals surface area contributed by atoms with Crippen molar-refractivity contribution in [2.45, 2.75) is 71.0 Å². The number of carbonyl (C=O) groups is 1. The van der Waals surface area contributed by atoms with E-state index >= 15 is 0 Å². The van der Waals surface area contributed by atoms with Crippen LogP contribution in [-0.2, 0) is 9.47 Å². The molecule has 1 aliphatic rings. The molecule has 1 heterocycles. The number of hydrogen-bond donors (Lipinski definition) is 2. The van der Waals surface area contributed by atoms with E-state index in [0.717, 1.165) is 19.6 Å². The molecule has 5 heteroatoms. The van der Waals surface area contributed by atoms with Gasteiger partial charge in [0, 0.05) is 6.42 Å². The van der Waals surface area contributed by atoms with Crippen molar-refractivity contribution in [2.75, 3.05) is 13.2 Å². The fourth-order valence-corrected chi connectivity index (χ4v) is 2.10. The summed E-state index contributed by atoms with van der Waals surface area (Å²) >= 11 is 0. The maximum atomic E-state index is 8.78. The van der Waals surface area contributed by atoms with E-state index in [2.05, 4.69) is 19.6 Å². The Morgan fingerprint density at radius 1 is 1.11 bits per heavy atom. The second kappa shape index (κ2) is 11.1. The van der Waals surface area contributed by atoms with Crippen molar-refractivity contribution in [2.24, 2.45) is 5.73 Å². The fourth-order valence-electron chi connectivity index (χ4n) is 2.10. The van der Waals surface area contributed by atoms with Gasteiger partial charge in [0.25, 0.3) is 0 Å². The summed E-state index contributed by atoms with van der Waals surface area (Å²) in [7, 11) is 0. The van der Waals surface area contributed by atoms with Crippen molar-refractivity contribution < 1.29 is 19.4 Å². The van der Waals surface area contributed by atoms with Crippen LogP contribution in [0.2, 0.25) is 0 Å². The van der Waals surface area contributed by atoms with Crippen LogP contribution >= 0.6 is 0 Å². The van der Waals surface area contributed by atoms with E-state index in [9.17, 15) is 0 Å². The van der Waals surface area contributed by atoms with Gasteiger partial charge in [0.1, 0.15) is 0 Å². The quantitative estimate of drug-likeness (QED) is 0.664. The van der Waals surface area contributed by atoms with Crippen molar-refractivity contribution >= 4 is 6.09 Å². The maximum Gasteiger partial charge on any atom is 0.402 e. The second-order valence-electron chi connectivity index (χ2n) is 5.04. The van der Waals surface area contributed by atoms with E-state index in [1.807, 2.05) is 0 Å². The van der Waals surface area contributed by atoms with Gasteiger partial charge in [-0.05, 0) is 13.3 Å². The number of ether oxygens (including phenoxy) is 2. The van der Waals surface area contributed by atoms with Gasteiger partial charge in [-0.2, -0.15) is 0 Å². The molecule has 0 aromatic rings. The van der Waals surface area contributed by atoms with E-state index in [1.54, 1.807) is 0 Å². The minimum atomic E-state index is -1.33. The number of amides is 1. The first-order chi connectivity index (χ1) is 9.00. The molecule has 19 heavy (non-hydrogen) atoms. The molecule has 1 saturated heterocycles. The number of nitrogens with two attached hydrogens (primary N) is 1. The zero-order valence-corrected chi connectivity index (χ0v) is 12.3. The SMILES string of the molecule is CCCCCCCCCC1(C)OCCO1.NC(=O)O. The summed E-state index contributed by atoms with van der Waals surface area (Å²) in [4.78, 5) is 8.78. The average Bonchev–Trinajstić information content (AvgIpc) is 2.75. The van der Waals surface area contributed by atoms with Gasteiger partial charge >= 0.3 is 6.09 Å². The lowest BCUT2D eigenvalue weighted by atomic mass is 10.1. The Balaban J connectivity index is 0.000000711. The Morgan fingerprint density at radius 2 is 1.53 bits per heavy atom. The number of primary amides is 1. The van der Waals surface area contributed by atoms with Crippen LogP contribution in [0.1, 0.15) is 65.2 Å². The van der Waals surface area contributed by atoms with Gasteiger partial charge in [-0.1, -0.05) is 45.4 Å². The Kier molecular flexibility index (Phi) is 10.6. The maximum absolute atomic E-state index is 8.78. The molecular weight excluding hydrogens is 246 g/mol. The van der Waals surface area contributed by atoms with Gasteiger partial charge in [0.15, 0.2) is 5.79 Å². The van der Waals surface area contributed by atoms with Crippen LogP contribution in [0.3, 0.4) is 0 Å². The van der Waals surface area contributed by atoms with Gasteiger partial charge < -0.3 is 20.3 Å². The lowest BCUT2D eigenvalue weighted by Gasteiger charge is -2.21. The summed E-state index contributed by atoms with van der Waals surface area (Å²) < 4.78 is 11.1. The van der Waals surface area contributed by atoms with Crippen LogP contribution in [-0.4, -0.2) is 30.2 Å². The summed E-state index contributed by atoms with van der Waals surface area (Å²) in [6.07, 6.45) is 9.18. The molecule has 0 aromatic carbocycles. The first-order valence-electron chi connectivity index (χ1n) is 7.26. The van der Waals surface area contributed by atoms with Gasteiger partial charge in [-0.15, -0.1) is 0 Å². The Labute approximate surface area is 116 Å². The molecule has 1 rings (SSSR count). The number of rotatable bonds is 8. The van der Waals surface area contributed by atoms with Crippen molar-refractivity contribution in [3.05, 3.63) is 0 Å². The van der Waals surface area contributed by atoms with Crippen molar-refractivity contribution in [3.63, 3.8) is 0 Å². The molecule has 0 unspecified atom stereocenters. The second-order valence-corrected chi connectivity index (χ2v) is 5.04. The topological polar surface area (TPSA) is 81.8 Å². The first-order valence-corrected chi connectivity index (χ1v) is 7.26. The molecule has 0 aromatic heterocycles. The predicted octanol–water partition coefficient (Wildman–Crippen LogP) is 3.51. The molecule has 1 fully saturated rings. The minimum Gasteiger partial charge on any atom is -0.465 e. The smallest absolute Gasteiger partial charge is 0.402 e. The van der Waals surface area contributed by atoms with Crippen molar-refractivity contribution in [3.8, 4) is 0 Å². The normalized spacial score (nSPS) is 16.7. The highest BCUT2D eigenvalue weighted by Crippen LogP contribution is 2.25. The Hall–Kier alpha value is -0.810. The Bertz CT molecular complexity index is 223. The molecule has 0 atom stereocenters. The van der Waals surface area contributed by atoms with Crippen LogP contribution in [0, 0.1) is 0 Å². The summed E-state index contributed by atoms with van der Waals surface area (Å²) in [5.74, 6) is -0.260. The highest BCUT2D eigenvalue weighted by molar-refractivity contribution is 5.61. The van der Waals surface area contributed by atoms with Crippen LogP contribution in [0.15, 0.2) is 0 Å². The zero-order valence-electron chi connectivity index (χ0n) is 12.3. The van der Waals surface area contributed by atoms with E-state index < -0.39 is 6.09 Å². The molecule has 0 saturated carbocycles. The molecule has 1 amide bonds. The summed E-state index contributed by atoms with van der Waals surface area (Å²) in [6.45, 7) is 5.87. The molecule has 0 spiro atoms. The molecule has 1 aliphatic heterocycles.